The van der Waals surface area contributed by atoms with Gasteiger partial charge in [0.2, 0.25) is 6.08 Å². The van der Waals surface area contributed by atoms with Crippen LogP contribution in [0.4, 0.5) is 5.69 Å². The lowest BCUT2D eigenvalue weighted by Crippen LogP contribution is -1.79. The van der Waals surface area contributed by atoms with Crippen LogP contribution in [-0.2, 0) is 4.79 Å². The van der Waals surface area contributed by atoms with E-state index in [0.717, 1.165) is 9.79 Å². The van der Waals surface area contributed by atoms with E-state index in [2.05, 4.69) is 33.6 Å². The molecule has 0 aliphatic carbocycles. The fraction of sp³-hybridized carbons (Fsp3) is 0. The maximum Gasteiger partial charge on any atom is 0.240 e. The highest BCUT2D eigenvalue weighted by molar-refractivity contribution is 14.1. The van der Waals surface area contributed by atoms with Crippen LogP contribution in [0.15, 0.2) is 63.3 Å². The van der Waals surface area contributed by atoms with Gasteiger partial charge in [-0.3, -0.25) is 0 Å². The number of carbonyl (C=O) groups excluding carboxylic acids is 1. The van der Waals surface area contributed by atoms with Crippen LogP contribution < -0.4 is 0 Å². The number of isocyanates is 1. The van der Waals surface area contributed by atoms with Gasteiger partial charge in [0.15, 0.2) is 0 Å². The van der Waals surface area contributed by atoms with E-state index in [9.17, 15) is 4.79 Å². The summed E-state index contributed by atoms with van der Waals surface area (Å²) in [5.74, 6) is 0. The number of aliphatic imine (C=N–C) groups is 1. The van der Waals surface area contributed by atoms with Crippen LogP contribution in [0.2, 0.25) is 0 Å². The molecule has 4 heteroatoms. The standard InChI is InChI=1S/C13H8INOS/c14-10-5-1-3-7-12(10)17-13-8-4-2-6-11(13)15-9-16/h1-8H. The number of halogens is 1. The van der Waals surface area contributed by atoms with Crippen molar-refractivity contribution in [2.75, 3.05) is 0 Å². The molecule has 2 aromatic rings. The molecule has 0 atom stereocenters. The number of para-hydroxylation sites is 1. The number of benzene rings is 2. The molecule has 0 saturated heterocycles. The Kier molecular flexibility index (Phi) is 4.36. The second kappa shape index (κ2) is 6.00. The molecule has 84 valence electrons. The van der Waals surface area contributed by atoms with Crippen LogP contribution in [0.3, 0.4) is 0 Å². The van der Waals surface area contributed by atoms with E-state index in [-0.39, 0.29) is 0 Å². The van der Waals surface area contributed by atoms with Crippen molar-refractivity contribution < 1.29 is 4.79 Å². The first-order valence-electron chi connectivity index (χ1n) is 4.90. The molecular weight excluding hydrogens is 345 g/mol. The minimum atomic E-state index is 0.659. The van der Waals surface area contributed by atoms with Crippen molar-refractivity contribution in [3.8, 4) is 0 Å². The Bertz CT molecular complexity index is 579. The summed E-state index contributed by atoms with van der Waals surface area (Å²) in [5.41, 5.74) is 0.659. The third kappa shape index (κ3) is 3.19. The molecule has 0 heterocycles. The van der Waals surface area contributed by atoms with Crippen LogP contribution in [0.25, 0.3) is 0 Å². The molecule has 2 aromatic carbocycles. The maximum atomic E-state index is 10.3. The summed E-state index contributed by atoms with van der Waals surface area (Å²) in [6.45, 7) is 0. The highest BCUT2D eigenvalue weighted by atomic mass is 127. The molecule has 0 N–H and O–H groups in total. The first-order valence-corrected chi connectivity index (χ1v) is 6.80. The van der Waals surface area contributed by atoms with Gasteiger partial charge < -0.3 is 0 Å². The average molecular weight is 353 g/mol. The zero-order valence-corrected chi connectivity index (χ0v) is 11.7. The van der Waals surface area contributed by atoms with Crippen LogP contribution in [0, 0.1) is 3.57 Å². The summed E-state index contributed by atoms with van der Waals surface area (Å²) >= 11 is 3.89. The lowest BCUT2D eigenvalue weighted by Gasteiger charge is -2.05. The van der Waals surface area contributed by atoms with Gasteiger partial charge >= 0.3 is 0 Å². The Morgan fingerprint density at radius 2 is 1.65 bits per heavy atom. The summed E-state index contributed by atoms with van der Waals surface area (Å²) in [6, 6.07) is 15.6. The molecule has 0 bridgehead atoms. The highest BCUT2D eigenvalue weighted by Gasteiger charge is 2.05. The Labute approximate surface area is 117 Å². The van der Waals surface area contributed by atoms with Crippen LogP contribution >= 0.6 is 34.4 Å². The second-order valence-corrected chi connectivity index (χ2v) is 5.45. The number of hydrogen-bond donors (Lipinski definition) is 0. The van der Waals surface area contributed by atoms with Crippen molar-refractivity contribution in [1.82, 2.24) is 0 Å². The molecule has 0 amide bonds. The molecule has 0 aliphatic heterocycles. The minimum Gasteiger partial charge on any atom is -0.211 e. The van der Waals surface area contributed by atoms with Gasteiger partial charge in [-0.05, 0) is 46.9 Å². The predicted octanol–water partition coefficient (Wildman–Crippen LogP) is 4.41. The molecular formula is C13H8INOS. The fourth-order valence-corrected chi connectivity index (χ4v) is 2.96. The van der Waals surface area contributed by atoms with Gasteiger partial charge in [0.25, 0.3) is 0 Å². The monoisotopic (exact) mass is 353 g/mol. The normalized spacial score (nSPS) is 9.71. The van der Waals surface area contributed by atoms with Gasteiger partial charge in [-0.25, -0.2) is 4.79 Å². The highest BCUT2D eigenvalue weighted by Crippen LogP contribution is 2.36. The Balaban J connectivity index is 2.36. The third-order valence-electron chi connectivity index (χ3n) is 2.09. The summed E-state index contributed by atoms with van der Waals surface area (Å²) in [6.07, 6.45) is 1.58. The van der Waals surface area contributed by atoms with Gasteiger partial charge in [-0.1, -0.05) is 36.0 Å². The molecule has 0 aromatic heterocycles. The van der Waals surface area contributed by atoms with Crippen molar-refractivity contribution in [2.24, 2.45) is 4.99 Å². The van der Waals surface area contributed by atoms with Crippen LogP contribution in [-0.4, -0.2) is 6.08 Å². The molecule has 0 radical (unpaired) electrons. The molecule has 0 spiro atoms. The predicted molar refractivity (Wildman–Crippen MR) is 77.5 cm³/mol. The summed E-state index contributed by atoms with van der Waals surface area (Å²) in [5, 5.41) is 0. The molecule has 2 rings (SSSR count). The van der Waals surface area contributed by atoms with Gasteiger partial charge in [0.1, 0.15) is 0 Å². The average Bonchev–Trinajstić information content (AvgIpc) is 2.35. The van der Waals surface area contributed by atoms with E-state index >= 15 is 0 Å². The summed E-state index contributed by atoms with van der Waals surface area (Å²) in [4.78, 5) is 16.2. The largest absolute Gasteiger partial charge is 0.240 e. The lowest BCUT2D eigenvalue weighted by atomic mass is 10.3. The second-order valence-electron chi connectivity index (χ2n) is 3.20. The summed E-state index contributed by atoms with van der Waals surface area (Å²) in [7, 11) is 0. The lowest BCUT2D eigenvalue weighted by molar-refractivity contribution is 0.565. The first kappa shape index (κ1) is 12.4. The van der Waals surface area contributed by atoms with Crippen LogP contribution in [0.5, 0.6) is 0 Å². The number of hydrogen-bond acceptors (Lipinski definition) is 3. The number of rotatable bonds is 3. The van der Waals surface area contributed by atoms with Crippen molar-refractivity contribution >= 4 is 46.1 Å². The SMILES string of the molecule is O=C=Nc1ccccc1Sc1ccccc1I. The molecule has 0 fully saturated rings. The zero-order chi connectivity index (χ0) is 12.1. The van der Waals surface area contributed by atoms with Crippen molar-refractivity contribution in [2.45, 2.75) is 9.79 Å². The third-order valence-corrected chi connectivity index (χ3v) is 4.54. The van der Waals surface area contributed by atoms with Crippen molar-refractivity contribution in [3.05, 3.63) is 52.1 Å². The van der Waals surface area contributed by atoms with E-state index < -0.39 is 0 Å². The Hall–Kier alpha value is -1.10. The molecule has 17 heavy (non-hydrogen) atoms. The number of nitrogens with zero attached hydrogens (tertiary/aromatic N) is 1. The van der Waals surface area contributed by atoms with Crippen molar-refractivity contribution in [3.63, 3.8) is 0 Å². The van der Waals surface area contributed by atoms with E-state index in [4.69, 9.17) is 0 Å². The minimum absolute atomic E-state index is 0.659. The van der Waals surface area contributed by atoms with Gasteiger partial charge in [-0.15, -0.1) is 0 Å². The molecule has 0 unspecified atom stereocenters. The smallest absolute Gasteiger partial charge is 0.211 e. The maximum absolute atomic E-state index is 10.3. The first-order chi connectivity index (χ1) is 8.31. The van der Waals surface area contributed by atoms with Crippen LogP contribution in [0.1, 0.15) is 0 Å². The summed E-state index contributed by atoms with van der Waals surface area (Å²) < 4.78 is 1.18. The van der Waals surface area contributed by atoms with Crippen molar-refractivity contribution in [1.29, 1.82) is 0 Å². The quantitative estimate of drug-likeness (QED) is 0.465. The van der Waals surface area contributed by atoms with Gasteiger partial charge in [0, 0.05) is 13.4 Å². The van der Waals surface area contributed by atoms with Gasteiger partial charge in [0.05, 0.1) is 5.69 Å². The Morgan fingerprint density at radius 3 is 2.35 bits per heavy atom. The fourth-order valence-electron chi connectivity index (χ4n) is 1.33. The van der Waals surface area contributed by atoms with E-state index in [1.165, 1.54) is 3.57 Å². The zero-order valence-electron chi connectivity index (χ0n) is 8.76. The van der Waals surface area contributed by atoms with E-state index in [1.807, 2.05) is 42.5 Å². The topological polar surface area (TPSA) is 29.4 Å². The Morgan fingerprint density at radius 1 is 1.00 bits per heavy atom. The molecule has 0 saturated carbocycles. The van der Waals surface area contributed by atoms with E-state index in [1.54, 1.807) is 17.8 Å². The molecule has 2 nitrogen and oxygen atoms in total. The molecule has 0 aliphatic rings. The van der Waals surface area contributed by atoms with E-state index in [0.29, 0.717) is 5.69 Å². The van der Waals surface area contributed by atoms with Gasteiger partial charge in [-0.2, -0.15) is 4.99 Å².